The average Bonchev–Trinajstić information content (AvgIpc) is 2.75. The Bertz CT molecular complexity index is 467. The van der Waals surface area contributed by atoms with Crippen LogP contribution >= 0.6 is 22.9 Å². The molecule has 17 heavy (non-hydrogen) atoms. The minimum absolute atomic E-state index is 0.695. The van der Waals surface area contributed by atoms with Gasteiger partial charge in [0, 0.05) is 22.5 Å². The Hall–Kier alpha value is -1.19. The van der Waals surface area contributed by atoms with Crippen molar-refractivity contribution in [3.05, 3.63) is 45.6 Å². The molecule has 0 spiro atoms. The summed E-state index contributed by atoms with van der Waals surface area (Å²) in [6.07, 6.45) is 0. The van der Waals surface area contributed by atoms with Crippen molar-refractivity contribution in [3.63, 3.8) is 0 Å². The zero-order chi connectivity index (χ0) is 12.1. The maximum absolute atomic E-state index is 5.86. The van der Waals surface area contributed by atoms with Crippen molar-refractivity contribution in [2.75, 3.05) is 11.9 Å². The minimum Gasteiger partial charge on any atom is -0.494 e. The number of hydrogen-bond donors (Lipinski definition) is 1. The van der Waals surface area contributed by atoms with Gasteiger partial charge in [-0.15, -0.1) is 11.3 Å². The fourth-order valence-corrected chi connectivity index (χ4v) is 2.48. The molecule has 1 heterocycles. The first-order valence-electron chi connectivity index (χ1n) is 5.47. The lowest BCUT2D eigenvalue weighted by Crippen LogP contribution is -1.97. The van der Waals surface area contributed by atoms with Crippen LogP contribution in [0, 0.1) is 0 Å². The van der Waals surface area contributed by atoms with Gasteiger partial charge in [0.1, 0.15) is 5.75 Å². The predicted molar refractivity (Wildman–Crippen MR) is 74.3 cm³/mol. The lowest BCUT2D eigenvalue weighted by atomic mass is 10.3. The Morgan fingerprint density at radius 1 is 1.29 bits per heavy atom. The number of halogens is 1. The highest BCUT2D eigenvalue weighted by Gasteiger charge is 1.98. The van der Waals surface area contributed by atoms with E-state index in [1.807, 2.05) is 42.6 Å². The molecule has 0 aliphatic carbocycles. The number of benzene rings is 1. The second kappa shape index (κ2) is 5.94. The lowest BCUT2D eigenvalue weighted by molar-refractivity contribution is 0.340. The zero-order valence-electron chi connectivity index (χ0n) is 9.57. The van der Waals surface area contributed by atoms with Crippen molar-refractivity contribution in [1.29, 1.82) is 0 Å². The quantitative estimate of drug-likeness (QED) is 0.866. The van der Waals surface area contributed by atoms with E-state index in [2.05, 4.69) is 5.32 Å². The van der Waals surface area contributed by atoms with Crippen LogP contribution in [0.4, 0.5) is 5.69 Å². The molecule has 0 saturated heterocycles. The molecule has 0 amide bonds. The number of thiophene rings is 1. The molecule has 0 atom stereocenters. The molecule has 0 bridgehead atoms. The maximum Gasteiger partial charge on any atom is 0.119 e. The van der Waals surface area contributed by atoms with E-state index in [9.17, 15) is 0 Å². The molecule has 0 unspecified atom stereocenters. The SMILES string of the molecule is CCOc1ccc(NCc2cc(Cl)cs2)cc1. The Morgan fingerprint density at radius 3 is 2.65 bits per heavy atom. The molecule has 0 fully saturated rings. The van der Waals surface area contributed by atoms with E-state index >= 15 is 0 Å². The Labute approximate surface area is 110 Å². The Morgan fingerprint density at radius 2 is 2.06 bits per heavy atom. The zero-order valence-corrected chi connectivity index (χ0v) is 11.1. The highest BCUT2D eigenvalue weighted by atomic mass is 35.5. The summed E-state index contributed by atoms with van der Waals surface area (Å²) < 4.78 is 5.38. The number of hydrogen-bond acceptors (Lipinski definition) is 3. The fourth-order valence-electron chi connectivity index (χ4n) is 1.47. The van der Waals surface area contributed by atoms with Crippen LogP contribution in [-0.2, 0) is 6.54 Å². The summed E-state index contributed by atoms with van der Waals surface area (Å²) in [4.78, 5) is 1.23. The van der Waals surface area contributed by atoms with Crippen LogP contribution in [0.1, 0.15) is 11.8 Å². The van der Waals surface area contributed by atoms with Crippen LogP contribution in [0.5, 0.6) is 5.75 Å². The van der Waals surface area contributed by atoms with Gasteiger partial charge in [0.15, 0.2) is 0 Å². The lowest BCUT2D eigenvalue weighted by Gasteiger charge is -2.06. The van der Waals surface area contributed by atoms with Crippen molar-refractivity contribution in [2.24, 2.45) is 0 Å². The van der Waals surface area contributed by atoms with Gasteiger partial charge in [0.2, 0.25) is 0 Å². The van der Waals surface area contributed by atoms with Gasteiger partial charge in [-0.1, -0.05) is 11.6 Å². The third-order valence-corrected chi connectivity index (χ3v) is 3.54. The van der Waals surface area contributed by atoms with E-state index in [0.29, 0.717) is 6.61 Å². The monoisotopic (exact) mass is 267 g/mol. The number of nitrogens with one attached hydrogen (secondary N) is 1. The average molecular weight is 268 g/mol. The van der Waals surface area contributed by atoms with Gasteiger partial charge < -0.3 is 10.1 Å². The third-order valence-electron chi connectivity index (χ3n) is 2.25. The summed E-state index contributed by atoms with van der Waals surface area (Å²) in [5, 5.41) is 6.09. The van der Waals surface area contributed by atoms with Gasteiger partial charge in [0.25, 0.3) is 0 Å². The van der Waals surface area contributed by atoms with Crippen molar-refractivity contribution < 1.29 is 4.74 Å². The molecule has 0 saturated carbocycles. The van der Waals surface area contributed by atoms with Crippen LogP contribution in [-0.4, -0.2) is 6.61 Å². The standard InChI is InChI=1S/C13H14ClNOS/c1-2-16-12-5-3-11(4-6-12)15-8-13-7-10(14)9-17-13/h3-7,9,15H,2,8H2,1H3. The summed E-state index contributed by atoms with van der Waals surface area (Å²) >= 11 is 7.52. The molecule has 2 rings (SSSR count). The molecule has 0 radical (unpaired) electrons. The molecular weight excluding hydrogens is 254 g/mol. The van der Waals surface area contributed by atoms with E-state index in [1.165, 1.54) is 4.88 Å². The predicted octanol–water partition coefficient (Wildman–Crippen LogP) is 4.41. The molecule has 0 aliphatic rings. The summed E-state index contributed by atoms with van der Waals surface area (Å²) in [6.45, 7) is 3.47. The van der Waals surface area contributed by atoms with Crippen molar-refractivity contribution in [3.8, 4) is 5.75 Å². The topological polar surface area (TPSA) is 21.3 Å². The van der Waals surface area contributed by atoms with Crippen LogP contribution < -0.4 is 10.1 Å². The van der Waals surface area contributed by atoms with Gasteiger partial charge in [-0.05, 0) is 37.3 Å². The third kappa shape index (κ3) is 3.65. The van der Waals surface area contributed by atoms with Crippen molar-refractivity contribution >= 4 is 28.6 Å². The van der Waals surface area contributed by atoms with Gasteiger partial charge in [-0.2, -0.15) is 0 Å². The largest absolute Gasteiger partial charge is 0.494 e. The van der Waals surface area contributed by atoms with Gasteiger partial charge in [-0.3, -0.25) is 0 Å². The minimum atomic E-state index is 0.695. The summed E-state index contributed by atoms with van der Waals surface area (Å²) in [5.41, 5.74) is 1.08. The number of rotatable bonds is 5. The maximum atomic E-state index is 5.86. The highest BCUT2D eigenvalue weighted by Crippen LogP contribution is 2.21. The van der Waals surface area contributed by atoms with Gasteiger partial charge in [-0.25, -0.2) is 0 Å². The molecule has 2 nitrogen and oxygen atoms in total. The second-order valence-electron chi connectivity index (χ2n) is 3.54. The molecule has 2 aromatic rings. The van der Waals surface area contributed by atoms with Crippen LogP contribution in [0.3, 0.4) is 0 Å². The Balaban J connectivity index is 1.90. The molecule has 1 aromatic heterocycles. The van der Waals surface area contributed by atoms with E-state index in [4.69, 9.17) is 16.3 Å². The van der Waals surface area contributed by atoms with Crippen LogP contribution in [0.15, 0.2) is 35.7 Å². The van der Waals surface area contributed by atoms with E-state index in [-0.39, 0.29) is 0 Å². The highest BCUT2D eigenvalue weighted by molar-refractivity contribution is 7.10. The van der Waals surface area contributed by atoms with E-state index in [1.54, 1.807) is 11.3 Å². The summed E-state index contributed by atoms with van der Waals surface area (Å²) in [5.74, 6) is 0.900. The smallest absolute Gasteiger partial charge is 0.119 e. The summed E-state index contributed by atoms with van der Waals surface area (Å²) in [6, 6.07) is 9.94. The second-order valence-corrected chi connectivity index (χ2v) is 4.97. The first kappa shape index (κ1) is 12.3. The fraction of sp³-hybridized carbons (Fsp3) is 0.231. The Kier molecular flexibility index (Phi) is 4.29. The molecule has 90 valence electrons. The van der Waals surface area contributed by atoms with E-state index < -0.39 is 0 Å². The molecular formula is C13H14ClNOS. The molecule has 1 N–H and O–H groups in total. The van der Waals surface area contributed by atoms with Gasteiger partial charge in [0.05, 0.1) is 11.6 Å². The summed E-state index contributed by atoms with van der Waals surface area (Å²) in [7, 11) is 0. The van der Waals surface area contributed by atoms with Crippen molar-refractivity contribution in [1.82, 2.24) is 0 Å². The van der Waals surface area contributed by atoms with Crippen molar-refractivity contribution in [2.45, 2.75) is 13.5 Å². The molecule has 1 aromatic carbocycles. The molecule has 0 aliphatic heterocycles. The first-order chi connectivity index (χ1) is 8.28. The van der Waals surface area contributed by atoms with Crippen LogP contribution in [0.25, 0.3) is 0 Å². The first-order valence-corrected chi connectivity index (χ1v) is 6.73. The van der Waals surface area contributed by atoms with Crippen LogP contribution in [0.2, 0.25) is 5.02 Å². The van der Waals surface area contributed by atoms with Gasteiger partial charge >= 0.3 is 0 Å². The molecule has 4 heteroatoms. The van der Waals surface area contributed by atoms with E-state index in [0.717, 1.165) is 23.0 Å². The number of anilines is 1. The normalized spacial score (nSPS) is 10.2. The number of ether oxygens (including phenoxy) is 1.